The fourth-order valence-electron chi connectivity index (χ4n) is 3.01. The molecule has 1 aliphatic rings. The van der Waals surface area contributed by atoms with Crippen LogP contribution in [0.25, 0.3) is 0 Å². The highest BCUT2D eigenvalue weighted by Crippen LogP contribution is 2.17. The zero-order chi connectivity index (χ0) is 18.1. The second-order valence-corrected chi connectivity index (χ2v) is 6.74. The van der Waals surface area contributed by atoms with Crippen LogP contribution in [0.5, 0.6) is 5.75 Å². The van der Waals surface area contributed by atoms with Crippen LogP contribution < -0.4 is 10.1 Å². The molecule has 1 saturated carbocycles. The Morgan fingerprint density at radius 3 is 2.60 bits per heavy atom. The summed E-state index contributed by atoms with van der Waals surface area (Å²) < 4.78 is 10.7. The molecule has 1 aliphatic carbocycles. The Hall–Kier alpha value is -2.04. The van der Waals surface area contributed by atoms with Crippen LogP contribution in [0.4, 0.5) is 0 Å². The zero-order valence-corrected chi connectivity index (χ0v) is 15.3. The second-order valence-electron chi connectivity index (χ2n) is 6.74. The summed E-state index contributed by atoms with van der Waals surface area (Å²) in [6, 6.07) is 7.86. The van der Waals surface area contributed by atoms with Gasteiger partial charge in [-0.15, -0.1) is 0 Å². The van der Waals surface area contributed by atoms with Gasteiger partial charge < -0.3 is 14.8 Å². The Labute approximate surface area is 150 Å². The number of benzene rings is 1. The van der Waals surface area contributed by atoms with Gasteiger partial charge in [-0.2, -0.15) is 0 Å². The molecule has 0 unspecified atom stereocenters. The standard InChI is InChI=1S/C20H29NO4/c1-15-8-7-11-18(14-15)24-13-12-19(22)25-16(2)20(23)21-17-9-5-3-4-6-10-17/h7-8,11,14,16-17H,3-6,9-10,12-13H2,1-2H3,(H,21,23)/t16-/m1/s1. The molecule has 5 nitrogen and oxygen atoms in total. The van der Waals surface area contributed by atoms with Crippen molar-refractivity contribution >= 4 is 11.9 Å². The predicted molar refractivity (Wildman–Crippen MR) is 96.5 cm³/mol. The van der Waals surface area contributed by atoms with Gasteiger partial charge in [-0.1, -0.05) is 37.8 Å². The van der Waals surface area contributed by atoms with Gasteiger partial charge in [0.1, 0.15) is 5.75 Å². The van der Waals surface area contributed by atoms with Gasteiger partial charge in [0, 0.05) is 6.04 Å². The molecule has 1 fully saturated rings. The maximum Gasteiger partial charge on any atom is 0.310 e. The number of carbonyl (C=O) groups excluding carboxylic acids is 2. The topological polar surface area (TPSA) is 64.6 Å². The molecule has 2 rings (SSSR count). The summed E-state index contributed by atoms with van der Waals surface area (Å²) in [7, 11) is 0. The first-order chi connectivity index (χ1) is 12.0. The SMILES string of the molecule is Cc1cccc(OCCC(=O)O[C@H](C)C(=O)NC2CCCCCC2)c1. The fraction of sp³-hybridized carbons (Fsp3) is 0.600. The van der Waals surface area contributed by atoms with E-state index in [-0.39, 0.29) is 25.0 Å². The van der Waals surface area contributed by atoms with E-state index in [1.54, 1.807) is 6.92 Å². The molecule has 138 valence electrons. The molecule has 0 heterocycles. The van der Waals surface area contributed by atoms with E-state index in [0.717, 1.165) is 37.0 Å². The van der Waals surface area contributed by atoms with Crippen LogP contribution in [-0.4, -0.2) is 30.6 Å². The fourth-order valence-corrected chi connectivity index (χ4v) is 3.01. The van der Waals surface area contributed by atoms with Crippen LogP contribution in [0.15, 0.2) is 24.3 Å². The molecule has 1 N–H and O–H groups in total. The van der Waals surface area contributed by atoms with Gasteiger partial charge in [0.05, 0.1) is 13.0 Å². The molecule has 25 heavy (non-hydrogen) atoms. The van der Waals surface area contributed by atoms with Gasteiger partial charge in [0.2, 0.25) is 0 Å². The number of ether oxygens (including phenoxy) is 2. The van der Waals surface area contributed by atoms with E-state index in [1.165, 1.54) is 12.8 Å². The highest BCUT2D eigenvalue weighted by atomic mass is 16.5. The van der Waals surface area contributed by atoms with Gasteiger partial charge in [-0.25, -0.2) is 0 Å². The molecule has 1 aromatic carbocycles. The average Bonchev–Trinajstić information content (AvgIpc) is 2.83. The van der Waals surface area contributed by atoms with Crippen LogP contribution in [0.1, 0.15) is 57.4 Å². The van der Waals surface area contributed by atoms with E-state index in [9.17, 15) is 9.59 Å². The Bertz CT molecular complexity index is 565. The number of amides is 1. The van der Waals surface area contributed by atoms with Crippen molar-refractivity contribution in [2.24, 2.45) is 0 Å². The summed E-state index contributed by atoms with van der Waals surface area (Å²) in [6.07, 6.45) is 6.14. The number of hydrogen-bond donors (Lipinski definition) is 1. The molecule has 0 saturated heterocycles. The Balaban J connectivity index is 1.67. The van der Waals surface area contributed by atoms with E-state index < -0.39 is 12.1 Å². The molecule has 1 amide bonds. The lowest BCUT2D eigenvalue weighted by Crippen LogP contribution is -2.42. The first-order valence-electron chi connectivity index (χ1n) is 9.24. The van der Waals surface area contributed by atoms with E-state index in [1.807, 2.05) is 31.2 Å². The minimum atomic E-state index is -0.769. The Morgan fingerprint density at radius 1 is 1.20 bits per heavy atom. The summed E-state index contributed by atoms with van der Waals surface area (Å²) in [5.41, 5.74) is 1.10. The number of nitrogens with one attached hydrogen (secondary N) is 1. The molecule has 5 heteroatoms. The molecule has 0 radical (unpaired) electrons. The number of rotatable bonds is 7. The van der Waals surface area contributed by atoms with Gasteiger partial charge in [-0.05, 0) is 44.4 Å². The van der Waals surface area contributed by atoms with Crippen molar-refractivity contribution in [1.82, 2.24) is 5.32 Å². The zero-order valence-electron chi connectivity index (χ0n) is 15.3. The van der Waals surface area contributed by atoms with Crippen molar-refractivity contribution < 1.29 is 19.1 Å². The third kappa shape index (κ3) is 7.16. The highest BCUT2D eigenvalue weighted by Gasteiger charge is 2.21. The lowest BCUT2D eigenvalue weighted by atomic mass is 10.1. The lowest BCUT2D eigenvalue weighted by Gasteiger charge is -2.19. The first-order valence-corrected chi connectivity index (χ1v) is 9.24. The smallest absolute Gasteiger partial charge is 0.310 e. The molecular formula is C20H29NO4. The summed E-state index contributed by atoms with van der Waals surface area (Å²) in [5.74, 6) is 0.1000. The van der Waals surface area contributed by atoms with Crippen LogP contribution in [-0.2, 0) is 14.3 Å². The number of aryl methyl sites for hydroxylation is 1. The summed E-state index contributed by atoms with van der Waals surface area (Å²) in [6.45, 7) is 3.83. The summed E-state index contributed by atoms with van der Waals surface area (Å²) >= 11 is 0. The van der Waals surface area contributed by atoms with E-state index in [4.69, 9.17) is 9.47 Å². The predicted octanol–water partition coefficient (Wildman–Crippen LogP) is 3.53. The van der Waals surface area contributed by atoms with Crippen molar-refractivity contribution in [2.75, 3.05) is 6.61 Å². The van der Waals surface area contributed by atoms with Gasteiger partial charge in [-0.3, -0.25) is 9.59 Å². The van der Waals surface area contributed by atoms with E-state index >= 15 is 0 Å². The van der Waals surface area contributed by atoms with Crippen LogP contribution in [0, 0.1) is 6.92 Å². The van der Waals surface area contributed by atoms with Gasteiger partial charge >= 0.3 is 5.97 Å². The summed E-state index contributed by atoms with van der Waals surface area (Å²) in [5, 5.41) is 3.00. The largest absolute Gasteiger partial charge is 0.493 e. The number of carbonyl (C=O) groups is 2. The minimum Gasteiger partial charge on any atom is -0.493 e. The molecule has 0 spiro atoms. The molecule has 0 aliphatic heterocycles. The average molecular weight is 347 g/mol. The molecule has 0 bridgehead atoms. The normalized spacial score (nSPS) is 16.6. The summed E-state index contributed by atoms with van der Waals surface area (Å²) in [4.78, 5) is 24.1. The minimum absolute atomic E-state index is 0.120. The molecule has 0 aromatic heterocycles. The van der Waals surface area contributed by atoms with Crippen LogP contribution in [0.2, 0.25) is 0 Å². The van der Waals surface area contributed by atoms with E-state index in [2.05, 4.69) is 5.32 Å². The highest BCUT2D eigenvalue weighted by molar-refractivity contribution is 5.83. The Morgan fingerprint density at radius 2 is 1.92 bits per heavy atom. The van der Waals surface area contributed by atoms with Crippen molar-refractivity contribution in [3.05, 3.63) is 29.8 Å². The number of esters is 1. The van der Waals surface area contributed by atoms with Gasteiger partial charge in [0.25, 0.3) is 5.91 Å². The monoisotopic (exact) mass is 347 g/mol. The van der Waals surface area contributed by atoms with Crippen LogP contribution >= 0.6 is 0 Å². The third-order valence-electron chi connectivity index (χ3n) is 4.44. The maximum atomic E-state index is 12.2. The third-order valence-corrected chi connectivity index (χ3v) is 4.44. The maximum absolute atomic E-state index is 12.2. The van der Waals surface area contributed by atoms with Crippen molar-refractivity contribution in [3.63, 3.8) is 0 Å². The number of hydrogen-bond acceptors (Lipinski definition) is 4. The van der Waals surface area contributed by atoms with Crippen LogP contribution in [0.3, 0.4) is 0 Å². The van der Waals surface area contributed by atoms with Gasteiger partial charge in [0.15, 0.2) is 6.10 Å². The molecule has 1 aromatic rings. The van der Waals surface area contributed by atoms with E-state index in [0.29, 0.717) is 0 Å². The second kappa shape index (κ2) is 10.1. The van der Waals surface area contributed by atoms with Crippen molar-refractivity contribution in [2.45, 2.75) is 70.9 Å². The quantitative estimate of drug-likeness (QED) is 0.605. The Kier molecular flexibility index (Phi) is 7.76. The lowest BCUT2D eigenvalue weighted by molar-refractivity contribution is -0.155. The molecule has 1 atom stereocenters. The first kappa shape index (κ1) is 19.3. The molecular weight excluding hydrogens is 318 g/mol. The van der Waals surface area contributed by atoms with Crippen molar-refractivity contribution in [1.29, 1.82) is 0 Å². The van der Waals surface area contributed by atoms with Crippen molar-refractivity contribution in [3.8, 4) is 5.75 Å².